The maximum absolute atomic E-state index is 13.3. The molecule has 1 fully saturated rings. The lowest BCUT2D eigenvalue weighted by atomic mass is 10.1. The van der Waals surface area contributed by atoms with Crippen LogP contribution < -0.4 is 5.32 Å². The molecule has 1 aromatic rings. The van der Waals surface area contributed by atoms with Gasteiger partial charge in [0.25, 0.3) is 0 Å². The topological polar surface area (TPSA) is 46.1 Å². The fourth-order valence-electron chi connectivity index (χ4n) is 2.90. The second-order valence-electron chi connectivity index (χ2n) is 6.14. The van der Waals surface area contributed by atoms with Crippen molar-refractivity contribution in [3.63, 3.8) is 0 Å². The van der Waals surface area contributed by atoms with Crippen LogP contribution in [0.15, 0.2) is 27.7 Å². The highest BCUT2D eigenvalue weighted by Crippen LogP contribution is 2.18. The van der Waals surface area contributed by atoms with Gasteiger partial charge in [0.05, 0.1) is 24.3 Å². The van der Waals surface area contributed by atoms with Crippen molar-refractivity contribution in [1.29, 1.82) is 0 Å². The third-order valence-electron chi connectivity index (χ3n) is 4.26. The van der Waals surface area contributed by atoms with Crippen LogP contribution >= 0.6 is 39.9 Å². The zero-order chi connectivity index (χ0) is 18.1. The van der Waals surface area contributed by atoms with E-state index in [1.807, 2.05) is 12.1 Å². The van der Waals surface area contributed by atoms with Crippen LogP contribution in [0.5, 0.6) is 0 Å². The number of hydrogen-bond donors (Lipinski definition) is 1. The van der Waals surface area contributed by atoms with E-state index in [2.05, 4.69) is 31.1 Å². The predicted molar refractivity (Wildman–Crippen MR) is 117 cm³/mol. The van der Waals surface area contributed by atoms with E-state index in [9.17, 15) is 4.39 Å². The summed E-state index contributed by atoms with van der Waals surface area (Å²) in [5.74, 6) is 1.22. The highest BCUT2D eigenvalue weighted by Gasteiger charge is 2.24. The largest absolute Gasteiger partial charge is 0.382 e. The normalized spacial score (nSPS) is 17.3. The third-order valence-corrected chi connectivity index (χ3v) is 4.87. The van der Waals surface area contributed by atoms with E-state index >= 15 is 0 Å². The Kier molecular flexibility index (Phi) is 11.7. The molecule has 1 unspecified atom stereocenters. The Morgan fingerprint density at radius 3 is 2.92 bits per heavy atom. The van der Waals surface area contributed by atoms with Gasteiger partial charge in [-0.15, -0.1) is 24.0 Å². The van der Waals surface area contributed by atoms with Crippen molar-refractivity contribution < 1.29 is 13.9 Å². The fourth-order valence-corrected chi connectivity index (χ4v) is 3.33. The van der Waals surface area contributed by atoms with Gasteiger partial charge >= 0.3 is 0 Å². The van der Waals surface area contributed by atoms with Crippen molar-refractivity contribution >= 4 is 45.9 Å². The molecule has 1 saturated heterocycles. The Labute approximate surface area is 180 Å². The highest BCUT2D eigenvalue weighted by atomic mass is 127. The number of rotatable bonds is 8. The van der Waals surface area contributed by atoms with Gasteiger partial charge in [-0.25, -0.2) is 4.39 Å². The minimum absolute atomic E-state index is 0. The van der Waals surface area contributed by atoms with Crippen molar-refractivity contribution in [3.8, 4) is 0 Å². The Balaban J connectivity index is 0.00000338. The number of ether oxygens (including phenoxy) is 2. The number of nitrogens with one attached hydrogen (secondary N) is 1. The molecule has 1 atom stereocenters. The number of aliphatic imine (C=N–C) groups is 1. The zero-order valence-corrected chi connectivity index (χ0v) is 19.3. The summed E-state index contributed by atoms with van der Waals surface area (Å²) in [6.07, 6.45) is 1.92. The van der Waals surface area contributed by atoms with Gasteiger partial charge in [-0.2, -0.15) is 0 Å². The zero-order valence-electron chi connectivity index (χ0n) is 15.3. The van der Waals surface area contributed by atoms with Gasteiger partial charge in [-0.05, 0) is 46.5 Å². The molecule has 0 spiro atoms. The molecule has 1 aliphatic heterocycles. The number of methoxy groups -OCH3 is 1. The van der Waals surface area contributed by atoms with Crippen molar-refractivity contribution in [1.82, 2.24) is 10.2 Å². The maximum Gasteiger partial charge on any atom is 0.193 e. The van der Waals surface area contributed by atoms with E-state index in [1.165, 1.54) is 6.07 Å². The highest BCUT2D eigenvalue weighted by molar-refractivity contribution is 14.0. The van der Waals surface area contributed by atoms with Crippen LogP contribution in [0, 0.1) is 11.7 Å². The Morgan fingerprint density at radius 1 is 1.42 bits per heavy atom. The summed E-state index contributed by atoms with van der Waals surface area (Å²) in [7, 11) is 3.49. The fraction of sp³-hybridized carbons (Fsp3) is 0.611. The minimum Gasteiger partial charge on any atom is -0.382 e. The molecule has 0 radical (unpaired) electrons. The van der Waals surface area contributed by atoms with Crippen LogP contribution in [-0.4, -0.2) is 64.5 Å². The van der Waals surface area contributed by atoms with Crippen LogP contribution in [0.3, 0.4) is 0 Å². The molecular formula is C18H28BrFIN3O2. The lowest BCUT2D eigenvalue weighted by Crippen LogP contribution is -2.41. The average molecular weight is 544 g/mol. The number of benzene rings is 1. The smallest absolute Gasteiger partial charge is 0.193 e. The summed E-state index contributed by atoms with van der Waals surface area (Å²) >= 11 is 3.22. The molecule has 1 N–H and O–H groups in total. The second kappa shape index (κ2) is 12.9. The predicted octanol–water partition coefficient (Wildman–Crippen LogP) is 3.31. The molecular weight excluding hydrogens is 516 g/mol. The molecule has 0 aliphatic carbocycles. The van der Waals surface area contributed by atoms with Gasteiger partial charge in [0.2, 0.25) is 0 Å². The molecule has 2 rings (SSSR count). The molecule has 1 aromatic carbocycles. The van der Waals surface area contributed by atoms with Gasteiger partial charge in [-0.3, -0.25) is 4.99 Å². The summed E-state index contributed by atoms with van der Waals surface area (Å²) in [5, 5.41) is 3.40. The van der Waals surface area contributed by atoms with Gasteiger partial charge in [0, 0.05) is 39.7 Å². The average Bonchev–Trinajstić information content (AvgIpc) is 3.07. The van der Waals surface area contributed by atoms with Crippen molar-refractivity contribution in [3.05, 3.63) is 34.1 Å². The molecule has 5 nitrogen and oxygen atoms in total. The summed E-state index contributed by atoms with van der Waals surface area (Å²) < 4.78 is 24.4. The van der Waals surface area contributed by atoms with Crippen LogP contribution in [-0.2, 0) is 15.9 Å². The van der Waals surface area contributed by atoms with E-state index in [-0.39, 0.29) is 29.8 Å². The number of nitrogens with zero attached hydrogens (tertiary/aromatic N) is 2. The molecule has 148 valence electrons. The monoisotopic (exact) mass is 543 g/mol. The molecule has 26 heavy (non-hydrogen) atoms. The SMILES string of the molecule is CN=C(NCCc1ccc(F)c(Br)c1)N1CCC(COCCOC)C1.I. The first kappa shape index (κ1) is 23.6. The number of hydrogen-bond acceptors (Lipinski definition) is 3. The van der Waals surface area contributed by atoms with E-state index in [0.29, 0.717) is 23.6 Å². The van der Waals surface area contributed by atoms with Crippen LogP contribution in [0.4, 0.5) is 4.39 Å². The van der Waals surface area contributed by atoms with E-state index in [4.69, 9.17) is 9.47 Å². The molecule has 0 saturated carbocycles. The summed E-state index contributed by atoms with van der Waals surface area (Å²) in [4.78, 5) is 6.65. The molecule has 1 aliphatic rings. The molecule has 0 bridgehead atoms. The van der Waals surface area contributed by atoms with Crippen molar-refractivity contribution in [2.45, 2.75) is 12.8 Å². The van der Waals surface area contributed by atoms with Gasteiger partial charge in [0.15, 0.2) is 5.96 Å². The number of likely N-dealkylation sites (tertiary alicyclic amines) is 1. The van der Waals surface area contributed by atoms with Crippen molar-refractivity contribution in [2.75, 3.05) is 53.6 Å². The lowest BCUT2D eigenvalue weighted by Gasteiger charge is -2.21. The first-order valence-electron chi connectivity index (χ1n) is 8.60. The van der Waals surface area contributed by atoms with Crippen LogP contribution in [0.2, 0.25) is 0 Å². The van der Waals surface area contributed by atoms with Crippen LogP contribution in [0.1, 0.15) is 12.0 Å². The summed E-state index contributed by atoms with van der Waals surface area (Å²) in [6.45, 7) is 4.75. The second-order valence-corrected chi connectivity index (χ2v) is 7.00. The molecule has 0 aromatic heterocycles. The first-order chi connectivity index (χ1) is 12.1. The molecule has 8 heteroatoms. The number of guanidine groups is 1. The summed E-state index contributed by atoms with van der Waals surface area (Å²) in [6, 6.07) is 5.12. The van der Waals surface area contributed by atoms with E-state index in [1.54, 1.807) is 14.2 Å². The third kappa shape index (κ3) is 7.66. The Bertz CT molecular complexity index is 577. The lowest BCUT2D eigenvalue weighted by molar-refractivity contribution is 0.0536. The molecule has 0 amide bonds. The van der Waals surface area contributed by atoms with Gasteiger partial charge in [-0.1, -0.05) is 6.07 Å². The van der Waals surface area contributed by atoms with Crippen molar-refractivity contribution in [2.24, 2.45) is 10.9 Å². The standard InChI is InChI=1S/C18H27BrFN3O2.HI/c1-21-18(22-7-5-14-3-4-17(20)16(19)11-14)23-8-6-15(12-23)13-25-10-9-24-2;/h3-4,11,15H,5-10,12-13H2,1-2H3,(H,21,22);1H. The van der Waals surface area contributed by atoms with E-state index < -0.39 is 0 Å². The van der Waals surface area contributed by atoms with Gasteiger partial charge < -0.3 is 19.7 Å². The minimum atomic E-state index is -0.233. The Morgan fingerprint density at radius 2 is 2.23 bits per heavy atom. The van der Waals surface area contributed by atoms with Crippen LogP contribution in [0.25, 0.3) is 0 Å². The quantitative estimate of drug-likeness (QED) is 0.236. The maximum atomic E-state index is 13.3. The summed E-state index contributed by atoms with van der Waals surface area (Å²) in [5.41, 5.74) is 1.09. The van der Waals surface area contributed by atoms with Gasteiger partial charge in [0.1, 0.15) is 5.82 Å². The first-order valence-corrected chi connectivity index (χ1v) is 9.39. The molecule has 1 heterocycles. The number of halogens is 3. The Hall–Kier alpha value is -0.450. The van der Waals surface area contributed by atoms with E-state index in [0.717, 1.165) is 50.6 Å².